The van der Waals surface area contributed by atoms with Crippen LogP contribution in [0.2, 0.25) is 19.6 Å². The normalized spacial score (nSPS) is 11.1. The Morgan fingerprint density at radius 3 is 2.37 bits per heavy atom. The number of aromatic nitrogens is 1. The minimum atomic E-state index is -1.60. The maximum Gasteiger partial charge on any atom is 0.341 e. The van der Waals surface area contributed by atoms with Gasteiger partial charge in [-0.25, -0.2) is 4.79 Å². The Hall–Kier alpha value is -2.97. The van der Waals surface area contributed by atoms with E-state index in [4.69, 9.17) is 4.74 Å². The molecule has 0 saturated carbocycles. The lowest BCUT2D eigenvalue weighted by Gasteiger charge is -2.08. The quantitative estimate of drug-likeness (QED) is 0.404. The number of carbonyl (C=O) groups is 1. The van der Waals surface area contributed by atoms with Crippen molar-refractivity contribution in [2.75, 3.05) is 7.11 Å². The van der Waals surface area contributed by atoms with E-state index in [2.05, 4.69) is 31.1 Å². The van der Waals surface area contributed by atoms with E-state index in [1.54, 1.807) is 6.07 Å². The third-order valence-electron chi connectivity index (χ3n) is 4.34. The van der Waals surface area contributed by atoms with Gasteiger partial charge in [-0.2, -0.15) is 0 Å². The van der Waals surface area contributed by atoms with Crippen LogP contribution in [0.3, 0.4) is 0 Å². The van der Waals surface area contributed by atoms with Crippen molar-refractivity contribution in [3.8, 4) is 28.5 Å². The van der Waals surface area contributed by atoms with Gasteiger partial charge in [0.15, 0.2) is 5.75 Å². The van der Waals surface area contributed by atoms with E-state index in [1.807, 2.05) is 48.0 Å². The van der Waals surface area contributed by atoms with Crippen LogP contribution in [0.4, 0.5) is 0 Å². The molecule has 1 aromatic heterocycles. The van der Waals surface area contributed by atoms with Crippen molar-refractivity contribution >= 4 is 24.9 Å². The first-order valence-electron chi connectivity index (χ1n) is 8.76. The number of phenols is 1. The van der Waals surface area contributed by atoms with Crippen molar-refractivity contribution in [3.05, 3.63) is 53.6 Å². The van der Waals surface area contributed by atoms with Gasteiger partial charge in [-0.05, 0) is 11.6 Å². The summed E-state index contributed by atoms with van der Waals surface area (Å²) in [6, 6.07) is 13.4. The van der Waals surface area contributed by atoms with Gasteiger partial charge < -0.3 is 14.4 Å². The van der Waals surface area contributed by atoms with Crippen LogP contribution in [0.15, 0.2) is 42.5 Å². The predicted octanol–water partition coefficient (Wildman–Crippen LogP) is 4.57. The minimum absolute atomic E-state index is 0.0833. The lowest BCUT2D eigenvalue weighted by atomic mass is 10.0. The lowest BCUT2D eigenvalue weighted by molar-refractivity contribution is 0.0597. The average molecular weight is 378 g/mol. The summed E-state index contributed by atoms with van der Waals surface area (Å²) in [5.74, 6) is 2.72. The summed E-state index contributed by atoms with van der Waals surface area (Å²) >= 11 is 0. The van der Waals surface area contributed by atoms with Gasteiger partial charge in [-0.3, -0.25) is 0 Å². The van der Waals surface area contributed by atoms with E-state index >= 15 is 0 Å². The standard InChI is InChI=1S/C22H23NO3Si/c1-23-19(15-9-7-6-8-10-15)17(13-14-27(3,4)5)16-11-12-18(22(25)26-2)21(24)20(16)23/h6-12,24H,1-5H3. The van der Waals surface area contributed by atoms with Gasteiger partial charge >= 0.3 is 5.97 Å². The number of aryl methyl sites for hydroxylation is 1. The number of ether oxygens (including phenoxy) is 1. The zero-order chi connectivity index (χ0) is 19.8. The van der Waals surface area contributed by atoms with Crippen LogP contribution >= 0.6 is 0 Å². The van der Waals surface area contributed by atoms with Crippen molar-refractivity contribution in [1.29, 1.82) is 0 Å². The molecule has 1 heterocycles. The molecule has 0 aliphatic rings. The Morgan fingerprint density at radius 1 is 1.11 bits per heavy atom. The van der Waals surface area contributed by atoms with Crippen molar-refractivity contribution in [2.24, 2.45) is 7.05 Å². The molecule has 0 saturated heterocycles. The van der Waals surface area contributed by atoms with Gasteiger partial charge in [0.25, 0.3) is 0 Å². The molecule has 0 radical (unpaired) electrons. The third-order valence-corrected chi connectivity index (χ3v) is 5.22. The molecule has 0 amide bonds. The molecule has 0 fully saturated rings. The summed E-state index contributed by atoms with van der Waals surface area (Å²) in [5.41, 5.74) is 6.95. The summed E-state index contributed by atoms with van der Waals surface area (Å²) in [6.45, 7) is 6.58. The SMILES string of the molecule is COC(=O)c1ccc2c(C#C[Si](C)(C)C)c(-c3ccccc3)n(C)c2c1O. The highest BCUT2D eigenvalue weighted by Crippen LogP contribution is 2.38. The van der Waals surface area contributed by atoms with Crippen LogP contribution in [0.5, 0.6) is 5.75 Å². The second-order valence-corrected chi connectivity index (χ2v) is 12.2. The first kappa shape index (κ1) is 18.8. The van der Waals surface area contributed by atoms with Gasteiger partial charge in [-0.1, -0.05) is 62.0 Å². The zero-order valence-corrected chi connectivity index (χ0v) is 17.3. The molecule has 2 aromatic carbocycles. The fourth-order valence-electron chi connectivity index (χ4n) is 3.11. The van der Waals surface area contributed by atoms with Crippen LogP contribution < -0.4 is 0 Å². The highest BCUT2D eigenvalue weighted by molar-refractivity contribution is 6.83. The van der Waals surface area contributed by atoms with Crippen LogP contribution in [-0.4, -0.2) is 30.8 Å². The number of hydrogen-bond donors (Lipinski definition) is 1. The molecule has 0 aliphatic heterocycles. The fourth-order valence-corrected chi connectivity index (χ4v) is 3.61. The second-order valence-electron chi connectivity index (χ2n) is 7.50. The predicted molar refractivity (Wildman–Crippen MR) is 112 cm³/mol. The number of hydrogen-bond acceptors (Lipinski definition) is 3. The molecule has 138 valence electrons. The first-order chi connectivity index (χ1) is 12.7. The molecule has 3 rings (SSSR count). The molecule has 1 N–H and O–H groups in total. The highest BCUT2D eigenvalue weighted by atomic mass is 28.3. The largest absolute Gasteiger partial charge is 0.505 e. The second kappa shape index (κ2) is 6.97. The molecule has 3 aromatic rings. The van der Waals surface area contributed by atoms with Crippen molar-refractivity contribution in [2.45, 2.75) is 19.6 Å². The maximum absolute atomic E-state index is 12.0. The molecule has 0 aliphatic carbocycles. The van der Waals surface area contributed by atoms with Gasteiger partial charge in [0.05, 0.1) is 23.9 Å². The molecule has 0 spiro atoms. The Balaban J connectivity index is 2.41. The smallest absolute Gasteiger partial charge is 0.341 e. The topological polar surface area (TPSA) is 51.5 Å². The van der Waals surface area contributed by atoms with Crippen molar-refractivity contribution in [1.82, 2.24) is 4.57 Å². The fraction of sp³-hybridized carbons (Fsp3) is 0.227. The summed E-state index contributed by atoms with van der Waals surface area (Å²) in [5, 5.41) is 11.6. The van der Waals surface area contributed by atoms with E-state index in [-0.39, 0.29) is 11.3 Å². The summed E-state index contributed by atoms with van der Waals surface area (Å²) in [6.07, 6.45) is 0. The maximum atomic E-state index is 12.0. The van der Waals surface area contributed by atoms with E-state index in [0.717, 1.165) is 22.2 Å². The molecule has 5 heteroatoms. The molecule has 0 atom stereocenters. The molecule has 0 unspecified atom stereocenters. The van der Waals surface area contributed by atoms with E-state index in [9.17, 15) is 9.90 Å². The van der Waals surface area contributed by atoms with Crippen LogP contribution in [-0.2, 0) is 11.8 Å². The van der Waals surface area contributed by atoms with Crippen LogP contribution in [0.25, 0.3) is 22.2 Å². The number of esters is 1. The number of phenolic OH excluding ortho intramolecular Hbond substituents is 1. The number of aromatic hydroxyl groups is 1. The molecular formula is C22H23NO3Si. The number of carbonyl (C=O) groups excluding carboxylic acids is 1. The number of methoxy groups -OCH3 is 1. The number of fused-ring (bicyclic) bond motifs is 1. The summed E-state index contributed by atoms with van der Waals surface area (Å²) in [7, 11) is 1.59. The molecule has 4 nitrogen and oxygen atoms in total. The van der Waals surface area contributed by atoms with Gasteiger partial charge in [0, 0.05) is 12.4 Å². The minimum Gasteiger partial charge on any atom is -0.505 e. The average Bonchev–Trinajstić information content (AvgIpc) is 2.92. The van der Waals surface area contributed by atoms with E-state index in [0.29, 0.717) is 5.52 Å². The number of nitrogens with zero attached hydrogens (tertiary/aromatic N) is 1. The van der Waals surface area contributed by atoms with Crippen molar-refractivity contribution in [3.63, 3.8) is 0 Å². The van der Waals surface area contributed by atoms with Crippen LogP contribution in [0.1, 0.15) is 15.9 Å². The number of rotatable bonds is 2. The molecule has 27 heavy (non-hydrogen) atoms. The molecular weight excluding hydrogens is 354 g/mol. The Morgan fingerprint density at radius 2 is 1.78 bits per heavy atom. The van der Waals surface area contributed by atoms with E-state index in [1.165, 1.54) is 7.11 Å². The van der Waals surface area contributed by atoms with Crippen molar-refractivity contribution < 1.29 is 14.6 Å². The first-order valence-corrected chi connectivity index (χ1v) is 12.3. The van der Waals surface area contributed by atoms with Gasteiger partial charge in [-0.15, -0.1) is 5.54 Å². The highest BCUT2D eigenvalue weighted by Gasteiger charge is 2.22. The number of benzene rings is 2. The van der Waals surface area contributed by atoms with Gasteiger partial charge in [0.1, 0.15) is 13.6 Å². The summed E-state index contributed by atoms with van der Waals surface area (Å²) < 4.78 is 6.69. The van der Waals surface area contributed by atoms with Crippen LogP contribution in [0, 0.1) is 11.5 Å². The lowest BCUT2D eigenvalue weighted by Crippen LogP contribution is -2.16. The Labute approximate surface area is 160 Å². The Bertz CT molecular complexity index is 1080. The zero-order valence-electron chi connectivity index (χ0n) is 16.3. The summed E-state index contributed by atoms with van der Waals surface area (Å²) in [4.78, 5) is 12.0. The molecule has 0 bridgehead atoms. The Kier molecular flexibility index (Phi) is 4.86. The third kappa shape index (κ3) is 3.49. The monoisotopic (exact) mass is 377 g/mol. The van der Waals surface area contributed by atoms with Gasteiger partial charge in [0.2, 0.25) is 0 Å². The van der Waals surface area contributed by atoms with E-state index < -0.39 is 14.0 Å².